The van der Waals surface area contributed by atoms with Crippen LogP contribution in [0.5, 0.6) is 23.0 Å². The summed E-state index contributed by atoms with van der Waals surface area (Å²) in [6.45, 7) is 0.319. The molecular formula is C37H35N3O6. The quantitative estimate of drug-likeness (QED) is 0.176. The second-order valence-electron chi connectivity index (χ2n) is 11.0. The zero-order chi connectivity index (χ0) is 32.4. The molecule has 6 rings (SSSR count). The second-order valence-corrected chi connectivity index (χ2v) is 11.0. The first-order valence-corrected chi connectivity index (χ1v) is 14.9. The highest BCUT2D eigenvalue weighted by molar-refractivity contribution is 5.95. The minimum atomic E-state index is -0.654. The van der Waals surface area contributed by atoms with Crippen LogP contribution in [0.25, 0.3) is 21.8 Å². The van der Waals surface area contributed by atoms with Crippen LogP contribution >= 0.6 is 0 Å². The molecular weight excluding hydrogens is 582 g/mol. The van der Waals surface area contributed by atoms with E-state index in [1.807, 2.05) is 72.8 Å². The Morgan fingerprint density at radius 3 is 2.28 bits per heavy atom. The van der Waals surface area contributed by atoms with Crippen molar-refractivity contribution >= 4 is 27.7 Å². The number of rotatable bonds is 10. The summed E-state index contributed by atoms with van der Waals surface area (Å²) in [5.41, 5.74) is 4.40. The van der Waals surface area contributed by atoms with Gasteiger partial charge in [0.15, 0.2) is 11.5 Å². The van der Waals surface area contributed by atoms with Crippen LogP contribution in [0, 0.1) is 0 Å². The Bertz CT molecular complexity index is 2110. The number of methoxy groups -OCH3 is 3. The van der Waals surface area contributed by atoms with E-state index in [9.17, 15) is 14.7 Å². The Labute approximate surface area is 266 Å². The number of amides is 1. The van der Waals surface area contributed by atoms with Gasteiger partial charge in [0.1, 0.15) is 11.5 Å². The summed E-state index contributed by atoms with van der Waals surface area (Å²) in [4.78, 5) is 30.8. The van der Waals surface area contributed by atoms with Crippen LogP contribution in [0.1, 0.15) is 38.7 Å². The molecule has 0 radical (unpaired) electrons. The number of para-hydroxylation sites is 2. The fraction of sp³-hybridized carbons (Fsp3) is 0.189. The van der Waals surface area contributed by atoms with Crippen molar-refractivity contribution in [2.75, 3.05) is 27.9 Å². The molecule has 2 heterocycles. The Kier molecular flexibility index (Phi) is 8.39. The number of fused-ring (bicyclic) bond motifs is 2. The number of aryl methyl sites for hydroxylation is 1. The highest BCUT2D eigenvalue weighted by Crippen LogP contribution is 2.41. The highest BCUT2D eigenvalue weighted by atomic mass is 16.5. The summed E-state index contributed by atoms with van der Waals surface area (Å²) >= 11 is 0. The topological polar surface area (TPSA) is 115 Å². The number of hydrogen-bond acceptors (Lipinski definition) is 6. The maximum atomic E-state index is 14.1. The van der Waals surface area contributed by atoms with E-state index in [0.717, 1.165) is 27.7 Å². The minimum absolute atomic E-state index is 0.0640. The van der Waals surface area contributed by atoms with Gasteiger partial charge in [-0.3, -0.25) is 9.59 Å². The number of benzene rings is 4. The fourth-order valence-electron chi connectivity index (χ4n) is 6.15. The molecule has 3 N–H and O–H groups in total. The molecule has 2 aromatic heterocycles. The van der Waals surface area contributed by atoms with Crippen LogP contribution in [-0.2, 0) is 13.5 Å². The molecule has 0 bridgehead atoms. The lowest BCUT2D eigenvalue weighted by Crippen LogP contribution is -2.27. The molecule has 1 atom stereocenters. The zero-order valence-corrected chi connectivity index (χ0v) is 26.1. The minimum Gasteiger partial charge on any atom is -0.507 e. The first-order chi connectivity index (χ1) is 22.4. The van der Waals surface area contributed by atoms with Crippen molar-refractivity contribution < 1.29 is 24.1 Å². The molecule has 1 unspecified atom stereocenters. The summed E-state index contributed by atoms with van der Waals surface area (Å²) in [7, 11) is 6.39. The van der Waals surface area contributed by atoms with Gasteiger partial charge in [-0.15, -0.1) is 0 Å². The summed E-state index contributed by atoms with van der Waals surface area (Å²) in [5, 5.41) is 16.3. The van der Waals surface area contributed by atoms with Gasteiger partial charge in [-0.1, -0.05) is 42.5 Å². The number of carbonyl (C=O) groups is 1. The lowest BCUT2D eigenvalue weighted by atomic mass is 9.85. The monoisotopic (exact) mass is 617 g/mol. The molecule has 9 heteroatoms. The Hall–Kier alpha value is -5.70. The van der Waals surface area contributed by atoms with Gasteiger partial charge in [0.2, 0.25) is 0 Å². The van der Waals surface area contributed by atoms with Crippen molar-refractivity contribution in [2.45, 2.75) is 12.3 Å². The Morgan fingerprint density at radius 1 is 0.870 bits per heavy atom. The van der Waals surface area contributed by atoms with Crippen molar-refractivity contribution in [2.24, 2.45) is 7.05 Å². The fourth-order valence-corrected chi connectivity index (χ4v) is 6.15. The maximum Gasteiger partial charge on any atom is 0.258 e. The normalized spacial score (nSPS) is 11.8. The largest absolute Gasteiger partial charge is 0.507 e. The average molecular weight is 618 g/mol. The highest BCUT2D eigenvalue weighted by Gasteiger charge is 2.30. The van der Waals surface area contributed by atoms with Gasteiger partial charge in [0, 0.05) is 41.1 Å². The van der Waals surface area contributed by atoms with Crippen LogP contribution in [0.15, 0.2) is 95.8 Å². The number of carbonyl (C=O) groups excluding carboxylic acids is 1. The summed E-state index contributed by atoms with van der Waals surface area (Å²) in [6, 6.07) is 27.7. The van der Waals surface area contributed by atoms with Crippen molar-refractivity contribution in [3.8, 4) is 23.0 Å². The van der Waals surface area contributed by atoms with E-state index in [2.05, 4.69) is 10.3 Å². The number of nitrogens with one attached hydrogen (secondary N) is 2. The van der Waals surface area contributed by atoms with Gasteiger partial charge in [-0.05, 0) is 66.1 Å². The third-order valence-electron chi connectivity index (χ3n) is 8.49. The average Bonchev–Trinajstić information content (AvgIpc) is 3.46. The van der Waals surface area contributed by atoms with E-state index in [0.29, 0.717) is 46.7 Å². The van der Waals surface area contributed by atoms with Crippen molar-refractivity contribution in [1.29, 1.82) is 0 Å². The van der Waals surface area contributed by atoms with E-state index in [1.165, 1.54) is 7.11 Å². The molecule has 9 nitrogen and oxygen atoms in total. The molecule has 4 aromatic carbocycles. The third-order valence-corrected chi connectivity index (χ3v) is 8.49. The number of pyridine rings is 1. The Morgan fingerprint density at radius 2 is 1.57 bits per heavy atom. The van der Waals surface area contributed by atoms with E-state index in [-0.39, 0.29) is 22.8 Å². The van der Waals surface area contributed by atoms with E-state index < -0.39 is 5.92 Å². The molecule has 0 aliphatic rings. The maximum absolute atomic E-state index is 14.1. The van der Waals surface area contributed by atoms with Gasteiger partial charge >= 0.3 is 0 Å². The number of aromatic nitrogens is 2. The molecule has 0 aliphatic heterocycles. The van der Waals surface area contributed by atoms with Gasteiger partial charge in [0.05, 0.1) is 38.3 Å². The summed E-state index contributed by atoms with van der Waals surface area (Å²) in [5.74, 6) is 0.704. The molecule has 0 aliphatic carbocycles. The Balaban J connectivity index is 1.46. The number of aromatic amines is 1. The predicted molar refractivity (Wildman–Crippen MR) is 179 cm³/mol. The summed E-state index contributed by atoms with van der Waals surface area (Å²) in [6.07, 6.45) is 0.458. The number of H-pyrrole nitrogens is 1. The van der Waals surface area contributed by atoms with Crippen LogP contribution in [0.3, 0.4) is 0 Å². The SMILES string of the molecule is COc1ccc(C(c2[nH]c3ccccc3c2CCNC(=O)c2ccc(OC)c(OC)c2)c2c(O)c3ccccc3n(C)c2=O)cc1. The van der Waals surface area contributed by atoms with Gasteiger partial charge in [0.25, 0.3) is 11.5 Å². The van der Waals surface area contributed by atoms with Gasteiger partial charge < -0.3 is 34.2 Å². The van der Waals surface area contributed by atoms with Crippen LogP contribution < -0.4 is 25.1 Å². The van der Waals surface area contributed by atoms with Gasteiger partial charge in [-0.25, -0.2) is 0 Å². The number of ether oxygens (including phenoxy) is 3. The third kappa shape index (κ3) is 5.40. The van der Waals surface area contributed by atoms with Crippen molar-refractivity contribution in [3.63, 3.8) is 0 Å². The summed E-state index contributed by atoms with van der Waals surface area (Å²) < 4.78 is 17.7. The van der Waals surface area contributed by atoms with Crippen LogP contribution in [-0.4, -0.2) is 48.4 Å². The molecule has 0 fully saturated rings. The van der Waals surface area contributed by atoms with Crippen LogP contribution in [0.4, 0.5) is 0 Å². The predicted octanol–water partition coefficient (Wildman–Crippen LogP) is 5.90. The molecule has 46 heavy (non-hydrogen) atoms. The lowest BCUT2D eigenvalue weighted by molar-refractivity contribution is 0.0953. The standard InChI is InChI=1S/C37H35N3O6/c1-40-29-12-8-6-10-27(29)35(41)33(37(40)43)32(22-13-16-24(44-2)17-14-22)34-26(25-9-5-7-11-28(25)39-34)19-20-38-36(42)23-15-18-30(45-3)31(21-23)46-4/h5-18,21,32,39,41H,19-20H2,1-4H3,(H,38,42). The van der Waals surface area contributed by atoms with Crippen LogP contribution in [0.2, 0.25) is 0 Å². The molecule has 6 aromatic rings. The lowest BCUT2D eigenvalue weighted by Gasteiger charge is -2.22. The second kappa shape index (κ2) is 12.7. The first-order valence-electron chi connectivity index (χ1n) is 14.9. The number of nitrogens with zero attached hydrogens (tertiary/aromatic N) is 1. The molecule has 0 saturated heterocycles. The molecule has 0 saturated carbocycles. The molecule has 1 amide bonds. The van der Waals surface area contributed by atoms with Crippen molar-refractivity contribution in [1.82, 2.24) is 14.9 Å². The molecule has 234 valence electrons. The van der Waals surface area contributed by atoms with E-state index in [1.54, 1.807) is 44.0 Å². The first kappa shape index (κ1) is 30.3. The van der Waals surface area contributed by atoms with E-state index in [4.69, 9.17) is 14.2 Å². The van der Waals surface area contributed by atoms with Gasteiger partial charge in [-0.2, -0.15) is 0 Å². The number of aromatic hydroxyl groups is 1. The smallest absolute Gasteiger partial charge is 0.258 e. The number of hydrogen-bond donors (Lipinski definition) is 3. The van der Waals surface area contributed by atoms with E-state index >= 15 is 0 Å². The molecule has 0 spiro atoms. The van der Waals surface area contributed by atoms with Crippen molar-refractivity contribution in [3.05, 3.63) is 129 Å². The zero-order valence-electron chi connectivity index (χ0n) is 26.1.